The molecule has 0 saturated heterocycles. The van der Waals surface area contributed by atoms with Crippen molar-refractivity contribution in [3.63, 3.8) is 0 Å². The molecule has 0 aromatic heterocycles. The maximum Gasteiger partial charge on any atom is 0.264 e. The maximum absolute atomic E-state index is 13.9. The third-order valence-corrected chi connectivity index (χ3v) is 8.44. The Kier molecular flexibility index (Phi) is 9.94. The summed E-state index contributed by atoms with van der Waals surface area (Å²) in [4.78, 5) is 28.2. The van der Waals surface area contributed by atoms with E-state index in [4.69, 9.17) is 11.6 Å². The molecule has 0 heterocycles. The van der Waals surface area contributed by atoms with Gasteiger partial charge in [-0.05, 0) is 62.6 Å². The minimum Gasteiger partial charge on any atom is -0.354 e. The number of sulfonamides is 1. The second-order valence-electron chi connectivity index (χ2n) is 9.23. The number of hydrogen-bond acceptors (Lipinski definition) is 4. The Balaban J connectivity index is 2.02. The zero-order valence-electron chi connectivity index (χ0n) is 22.1. The Morgan fingerprint density at radius 2 is 1.63 bits per heavy atom. The SMILES string of the molecule is CCCNC(=O)[C@H](C)N(Cc1ccc(C)cc1)C(=O)CN(c1ccc(C)c(Cl)c1)S(=O)(=O)c1ccccc1. The summed E-state index contributed by atoms with van der Waals surface area (Å²) < 4.78 is 28.6. The van der Waals surface area contributed by atoms with Gasteiger partial charge in [0, 0.05) is 18.1 Å². The zero-order chi connectivity index (χ0) is 27.9. The van der Waals surface area contributed by atoms with E-state index in [0.717, 1.165) is 27.4 Å². The second-order valence-corrected chi connectivity index (χ2v) is 11.5. The Labute approximate surface area is 230 Å². The van der Waals surface area contributed by atoms with Crippen LogP contribution in [0, 0.1) is 13.8 Å². The summed E-state index contributed by atoms with van der Waals surface area (Å²) in [5.74, 6) is -0.816. The van der Waals surface area contributed by atoms with E-state index in [-0.39, 0.29) is 23.0 Å². The van der Waals surface area contributed by atoms with Gasteiger partial charge < -0.3 is 10.2 Å². The highest BCUT2D eigenvalue weighted by Crippen LogP contribution is 2.28. The average molecular weight is 556 g/mol. The average Bonchev–Trinajstić information content (AvgIpc) is 2.91. The molecule has 2 amide bonds. The Morgan fingerprint density at radius 3 is 2.24 bits per heavy atom. The fourth-order valence-corrected chi connectivity index (χ4v) is 5.46. The van der Waals surface area contributed by atoms with Crippen LogP contribution in [0.3, 0.4) is 0 Å². The van der Waals surface area contributed by atoms with Gasteiger partial charge in [0.2, 0.25) is 11.8 Å². The summed E-state index contributed by atoms with van der Waals surface area (Å²) in [6.07, 6.45) is 0.752. The van der Waals surface area contributed by atoms with Crippen molar-refractivity contribution in [3.8, 4) is 0 Å². The third kappa shape index (κ3) is 7.14. The number of aryl methyl sites for hydroxylation is 2. The van der Waals surface area contributed by atoms with Crippen molar-refractivity contribution in [1.82, 2.24) is 10.2 Å². The van der Waals surface area contributed by atoms with Gasteiger partial charge in [-0.1, -0.05) is 72.6 Å². The topological polar surface area (TPSA) is 86.8 Å². The van der Waals surface area contributed by atoms with Crippen LogP contribution in [-0.2, 0) is 26.2 Å². The van der Waals surface area contributed by atoms with E-state index in [1.807, 2.05) is 45.0 Å². The van der Waals surface area contributed by atoms with Crippen molar-refractivity contribution in [2.24, 2.45) is 0 Å². The minimum absolute atomic E-state index is 0.0447. The van der Waals surface area contributed by atoms with Crippen LogP contribution in [0.1, 0.15) is 37.0 Å². The third-order valence-electron chi connectivity index (χ3n) is 6.24. The van der Waals surface area contributed by atoms with E-state index in [9.17, 15) is 18.0 Å². The highest BCUT2D eigenvalue weighted by Gasteiger charge is 2.32. The first-order valence-corrected chi connectivity index (χ1v) is 14.3. The van der Waals surface area contributed by atoms with Crippen LogP contribution in [0.15, 0.2) is 77.7 Å². The quantitative estimate of drug-likeness (QED) is 0.357. The summed E-state index contributed by atoms with van der Waals surface area (Å²) in [5.41, 5.74) is 2.93. The molecule has 3 aromatic carbocycles. The van der Waals surface area contributed by atoms with Crippen LogP contribution in [0.2, 0.25) is 5.02 Å². The van der Waals surface area contributed by atoms with Gasteiger partial charge in [-0.15, -0.1) is 0 Å². The Morgan fingerprint density at radius 1 is 0.974 bits per heavy atom. The predicted octanol–water partition coefficient (Wildman–Crippen LogP) is 5.10. The minimum atomic E-state index is -4.12. The van der Waals surface area contributed by atoms with Crippen molar-refractivity contribution in [1.29, 1.82) is 0 Å². The molecular weight excluding hydrogens is 522 g/mol. The molecule has 1 N–H and O–H groups in total. The molecule has 3 aromatic rings. The number of hydrogen-bond donors (Lipinski definition) is 1. The molecule has 0 radical (unpaired) electrons. The van der Waals surface area contributed by atoms with Gasteiger partial charge in [0.1, 0.15) is 12.6 Å². The largest absolute Gasteiger partial charge is 0.354 e. The number of nitrogens with one attached hydrogen (secondary N) is 1. The molecule has 0 bridgehead atoms. The lowest BCUT2D eigenvalue weighted by atomic mass is 10.1. The number of amides is 2. The van der Waals surface area contributed by atoms with Crippen LogP contribution in [0.5, 0.6) is 0 Å². The summed E-state index contributed by atoms with van der Waals surface area (Å²) in [5, 5.41) is 3.22. The van der Waals surface area contributed by atoms with Gasteiger partial charge in [-0.3, -0.25) is 13.9 Å². The molecule has 1 atom stereocenters. The van der Waals surface area contributed by atoms with Crippen LogP contribution in [0.4, 0.5) is 5.69 Å². The van der Waals surface area contributed by atoms with Gasteiger partial charge >= 0.3 is 0 Å². The van der Waals surface area contributed by atoms with Gasteiger partial charge in [0.25, 0.3) is 10.0 Å². The normalized spacial score (nSPS) is 12.0. The van der Waals surface area contributed by atoms with Gasteiger partial charge in [0.15, 0.2) is 0 Å². The van der Waals surface area contributed by atoms with Gasteiger partial charge in [0.05, 0.1) is 10.6 Å². The van der Waals surface area contributed by atoms with Crippen molar-refractivity contribution >= 4 is 39.1 Å². The van der Waals surface area contributed by atoms with Crippen LogP contribution >= 0.6 is 11.6 Å². The molecule has 3 rings (SSSR count). The van der Waals surface area contributed by atoms with E-state index in [1.54, 1.807) is 37.3 Å². The molecule has 7 nitrogen and oxygen atoms in total. The van der Waals surface area contributed by atoms with E-state index >= 15 is 0 Å². The fourth-order valence-electron chi connectivity index (χ4n) is 3.85. The lowest BCUT2D eigenvalue weighted by molar-refractivity contribution is -0.139. The monoisotopic (exact) mass is 555 g/mol. The first-order valence-electron chi connectivity index (χ1n) is 12.5. The standard InChI is InChI=1S/C29H34ClN3O4S/c1-5-17-31-29(35)23(4)32(19-24-14-11-21(2)12-15-24)28(34)20-33(25-16-13-22(3)27(30)18-25)38(36,37)26-9-7-6-8-10-26/h6-16,18,23H,5,17,19-20H2,1-4H3,(H,31,35)/t23-/m0/s1. The molecular formula is C29H34ClN3O4S. The van der Waals surface area contributed by atoms with Crippen LogP contribution in [0.25, 0.3) is 0 Å². The number of rotatable bonds is 11. The van der Waals surface area contributed by atoms with E-state index < -0.39 is 28.5 Å². The van der Waals surface area contributed by atoms with E-state index in [0.29, 0.717) is 11.6 Å². The second kappa shape index (κ2) is 12.9. The highest BCUT2D eigenvalue weighted by molar-refractivity contribution is 7.92. The first-order chi connectivity index (χ1) is 18.0. The molecule has 0 aliphatic rings. The van der Waals surface area contributed by atoms with Crippen molar-refractivity contribution in [3.05, 3.63) is 94.5 Å². The van der Waals surface area contributed by atoms with Crippen molar-refractivity contribution < 1.29 is 18.0 Å². The molecule has 0 saturated carbocycles. The van der Waals surface area contributed by atoms with E-state index in [2.05, 4.69) is 5.32 Å². The highest BCUT2D eigenvalue weighted by atomic mass is 35.5. The summed E-state index contributed by atoms with van der Waals surface area (Å²) >= 11 is 6.34. The summed E-state index contributed by atoms with van der Waals surface area (Å²) in [6, 6.07) is 19.6. The number of halogens is 1. The molecule has 0 aliphatic carbocycles. The lowest BCUT2D eigenvalue weighted by Gasteiger charge is -2.32. The number of nitrogens with zero attached hydrogens (tertiary/aromatic N) is 2. The fraction of sp³-hybridized carbons (Fsp3) is 0.310. The Bertz CT molecular complexity index is 1360. The summed E-state index contributed by atoms with van der Waals surface area (Å²) in [7, 11) is -4.12. The number of carbonyl (C=O) groups is 2. The Hall–Kier alpha value is -3.36. The molecule has 0 spiro atoms. The van der Waals surface area contributed by atoms with Crippen LogP contribution < -0.4 is 9.62 Å². The molecule has 9 heteroatoms. The number of benzene rings is 3. The number of anilines is 1. The first kappa shape index (κ1) is 29.2. The predicted molar refractivity (Wildman–Crippen MR) is 152 cm³/mol. The molecule has 0 fully saturated rings. The van der Waals surface area contributed by atoms with Gasteiger partial charge in [-0.2, -0.15) is 0 Å². The van der Waals surface area contributed by atoms with Gasteiger partial charge in [-0.25, -0.2) is 8.42 Å². The number of carbonyl (C=O) groups excluding carboxylic acids is 2. The smallest absolute Gasteiger partial charge is 0.264 e. The molecule has 0 unspecified atom stereocenters. The molecule has 0 aliphatic heterocycles. The van der Waals surface area contributed by atoms with Crippen LogP contribution in [-0.4, -0.2) is 44.3 Å². The molecule has 38 heavy (non-hydrogen) atoms. The van der Waals surface area contributed by atoms with E-state index in [1.165, 1.54) is 23.1 Å². The van der Waals surface area contributed by atoms with Crippen molar-refractivity contribution in [2.45, 2.75) is 51.6 Å². The maximum atomic E-state index is 13.9. The summed E-state index contributed by atoms with van der Waals surface area (Å²) in [6.45, 7) is 7.49. The van der Waals surface area contributed by atoms with Crippen molar-refractivity contribution in [2.75, 3.05) is 17.4 Å². The lowest BCUT2D eigenvalue weighted by Crippen LogP contribution is -2.51. The molecule has 202 valence electrons. The zero-order valence-corrected chi connectivity index (χ0v) is 23.7.